The van der Waals surface area contributed by atoms with Crippen LogP contribution in [0.5, 0.6) is 0 Å². The van der Waals surface area contributed by atoms with Gasteiger partial charge in [0, 0.05) is 30.4 Å². The molecule has 3 heterocycles. The zero-order valence-electron chi connectivity index (χ0n) is 13.8. The zero-order chi connectivity index (χ0) is 17.1. The summed E-state index contributed by atoms with van der Waals surface area (Å²) in [5.41, 5.74) is 8.27. The molecule has 1 aliphatic rings. The van der Waals surface area contributed by atoms with E-state index in [1.54, 1.807) is 18.5 Å². The van der Waals surface area contributed by atoms with E-state index in [-0.39, 0.29) is 17.9 Å². The Balaban J connectivity index is 1.91. The molecule has 0 aromatic carbocycles. The van der Waals surface area contributed by atoms with Crippen molar-refractivity contribution < 1.29 is 9.53 Å². The highest BCUT2D eigenvalue weighted by Gasteiger charge is 2.29. The second-order valence-electron chi connectivity index (χ2n) is 6.09. The summed E-state index contributed by atoms with van der Waals surface area (Å²) in [5, 5.41) is 0. The Hall–Kier alpha value is -2.54. The third kappa shape index (κ3) is 3.35. The number of carbonyl (C=O) groups excluding carboxylic acids is 1. The number of hydrogen-bond donors (Lipinski definition) is 1. The molecule has 1 unspecified atom stereocenters. The van der Waals surface area contributed by atoms with E-state index < -0.39 is 0 Å². The van der Waals surface area contributed by atoms with E-state index in [0.717, 1.165) is 16.8 Å². The fourth-order valence-corrected chi connectivity index (χ4v) is 2.81. The zero-order valence-corrected chi connectivity index (χ0v) is 13.8. The van der Waals surface area contributed by atoms with Crippen molar-refractivity contribution in [1.82, 2.24) is 19.9 Å². The number of anilines is 1. The van der Waals surface area contributed by atoms with Gasteiger partial charge in [-0.2, -0.15) is 0 Å². The van der Waals surface area contributed by atoms with Crippen LogP contribution < -0.4 is 5.73 Å². The molecular weight excluding hydrogens is 306 g/mol. The Morgan fingerprint density at radius 1 is 1.42 bits per heavy atom. The van der Waals surface area contributed by atoms with Crippen LogP contribution in [-0.4, -0.2) is 45.5 Å². The van der Waals surface area contributed by atoms with Gasteiger partial charge in [0.05, 0.1) is 18.8 Å². The normalized spacial score (nSPS) is 18.0. The van der Waals surface area contributed by atoms with Crippen molar-refractivity contribution >= 4 is 11.7 Å². The van der Waals surface area contributed by atoms with Crippen LogP contribution in [0.3, 0.4) is 0 Å². The lowest BCUT2D eigenvalue weighted by Gasteiger charge is -2.34. The van der Waals surface area contributed by atoms with E-state index in [4.69, 9.17) is 10.5 Å². The maximum absolute atomic E-state index is 12.3. The predicted octanol–water partition coefficient (Wildman–Crippen LogP) is 1.68. The van der Waals surface area contributed by atoms with Gasteiger partial charge in [0.25, 0.3) is 0 Å². The first-order valence-corrected chi connectivity index (χ1v) is 7.98. The second kappa shape index (κ2) is 6.92. The Morgan fingerprint density at radius 3 is 3.00 bits per heavy atom. The monoisotopic (exact) mass is 327 g/mol. The molecule has 1 atom stereocenters. The highest BCUT2D eigenvalue weighted by atomic mass is 16.5. The van der Waals surface area contributed by atoms with Gasteiger partial charge < -0.3 is 15.4 Å². The number of carbonyl (C=O) groups is 1. The average Bonchev–Trinajstić information content (AvgIpc) is 2.61. The summed E-state index contributed by atoms with van der Waals surface area (Å²) in [7, 11) is 0. The van der Waals surface area contributed by atoms with Crippen molar-refractivity contribution in [3.63, 3.8) is 0 Å². The van der Waals surface area contributed by atoms with Gasteiger partial charge in [-0.15, -0.1) is 0 Å². The molecule has 2 aromatic heterocycles. The van der Waals surface area contributed by atoms with Crippen LogP contribution >= 0.6 is 0 Å². The van der Waals surface area contributed by atoms with Gasteiger partial charge in [0.2, 0.25) is 5.91 Å². The number of rotatable bonds is 3. The van der Waals surface area contributed by atoms with Crippen LogP contribution in [0.1, 0.15) is 25.6 Å². The highest BCUT2D eigenvalue weighted by Crippen LogP contribution is 2.30. The number of aromatic nitrogens is 3. The number of amides is 1. The second-order valence-corrected chi connectivity index (χ2v) is 6.09. The quantitative estimate of drug-likeness (QED) is 0.921. The predicted molar refractivity (Wildman–Crippen MR) is 89.8 cm³/mol. The minimum atomic E-state index is -0.283. The lowest BCUT2D eigenvalue weighted by Crippen LogP contribution is -2.44. The molecule has 0 aliphatic carbocycles. The largest absolute Gasteiger partial charge is 0.384 e. The number of nitrogen functional groups attached to an aromatic ring is 1. The van der Waals surface area contributed by atoms with Crippen molar-refractivity contribution in [2.45, 2.75) is 20.0 Å². The molecule has 1 aliphatic heterocycles. The minimum Gasteiger partial charge on any atom is -0.384 e. The summed E-state index contributed by atoms with van der Waals surface area (Å²) in [6, 6.07) is 3.64. The number of morpholine rings is 1. The molecule has 1 amide bonds. The molecule has 126 valence electrons. The first-order chi connectivity index (χ1) is 11.6. The van der Waals surface area contributed by atoms with Gasteiger partial charge in [-0.05, 0) is 17.7 Å². The molecule has 0 bridgehead atoms. The topological polar surface area (TPSA) is 94.2 Å². The SMILES string of the molecule is CC(C)C(=O)N1CCOC(c2ncncc2-c2ccnc(N)c2)C1. The molecule has 7 nitrogen and oxygen atoms in total. The van der Waals surface area contributed by atoms with E-state index in [9.17, 15) is 4.79 Å². The summed E-state index contributed by atoms with van der Waals surface area (Å²) in [6.45, 7) is 5.40. The number of nitrogens with two attached hydrogens (primary N) is 1. The van der Waals surface area contributed by atoms with Crippen LogP contribution in [0.4, 0.5) is 5.82 Å². The van der Waals surface area contributed by atoms with Crippen LogP contribution in [0.15, 0.2) is 30.9 Å². The first-order valence-electron chi connectivity index (χ1n) is 7.98. The number of ether oxygens (including phenoxy) is 1. The van der Waals surface area contributed by atoms with Crippen molar-refractivity contribution in [3.05, 3.63) is 36.5 Å². The van der Waals surface area contributed by atoms with E-state index in [2.05, 4.69) is 15.0 Å². The van der Waals surface area contributed by atoms with Crippen molar-refractivity contribution in [1.29, 1.82) is 0 Å². The van der Waals surface area contributed by atoms with E-state index in [1.807, 2.05) is 24.8 Å². The standard InChI is InChI=1S/C17H21N5O2/c1-11(2)17(23)22-5-6-24-14(9-22)16-13(8-19-10-21-16)12-3-4-20-15(18)7-12/h3-4,7-8,10-11,14H,5-6,9H2,1-2H3,(H2,18,20). The van der Waals surface area contributed by atoms with E-state index >= 15 is 0 Å². The number of pyridine rings is 1. The first kappa shape index (κ1) is 16.3. The van der Waals surface area contributed by atoms with Crippen molar-refractivity contribution in [2.75, 3.05) is 25.4 Å². The summed E-state index contributed by atoms with van der Waals surface area (Å²) < 4.78 is 5.89. The maximum Gasteiger partial charge on any atom is 0.225 e. The highest BCUT2D eigenvalue weighted by molar-refractivity contribution is 5.78. The summed E-state index contributed by atoms with van der Waals surface area (Å²) >= 11 is 0. The lowest BCUT2D eigenvalue weighted by molar-refractivity contribution is -0.142. The fraction of sp³-hybridized carbons (Fsp3) is 0.412. The molecule has 1 fully saturated rings. The third-order valence-corrected chi connectivity index (χ3v) is 4.01. The van der Waals surface area contributed by atoms with Gasteiger partial charge in [0.15, 0.2) is 0 Å². The summed E-state index contributed by atoms with van der Waals surface area (Å²) in [6.07, 6.45) is 4.60. The fourth-order valence-electron chi connectivity index (χ4n) is 2.81. The van der Waals surface area contributed by atoms with Gasteiger partial charge >= 0.3 is 0 Å². The van der Waals surface area contributed by atoms with Crippen LogP contribution in [-0.2, 0) is 9.53 Å². The molecule has 0 radical (unpaired) electrons. The Labute approximate surface area is 140 Å². The summed E-state index contributed by atoms with van der Waals surface area (Å²) in [4.78, 5) is 26.7. The molecule has 3 rings (SSSR count). The molecule has 1 saturated heterocycles. The van der Waals surface area contributed by atoms with Crippen LogP contribution in [0.2, 0.25) is 0 Å². The van der Waals surface area contributed by atoms with E-state index in [1.165, 1.54) is 6.33 Å². The Kier molecular flexibility index (Phi) is 4.71. The molecule has 0 saturated carbocycles. The van der Waals surface area contributed by atoms with Gasteiger partial charge in [0.1, 0.15) is 18.2 Å². The lowest BCUT2D eigenvalue weighted by atomic mass is 10.0. The van der Waals surface area contributed by atoms with Crippen molar-refractivity contribution in [3.8, 4) is 11.1 Å². The van der Waals surface area contributed by atoms with Gasteiger partial charge in [-0.25, -0.2) is 15.0 Å². The number of hydrogen-bond acceptors (Lipinski definition) is 6. The molecule has 24 heavy (non-hydrogen) atoms. The smallest absolute Gasteiger partial charge is 0.225 e. The third-order valence-electron chi connectivity index (χ3n) is 4.01. The minimum absolute atomic E-state index is 0.0337. The van der Waals surface area contributed by atoms with E-state index in [0.29, 0.717) is 25.5 Å². The average molecular weight is 327 g/mol. The molecular formula is C17H21N5O2. The Bertz CT molecular complexity index is 734. The molecule has 0 spiro atoms. The number of nitrogens with zero attached hydrogens (tertiary/aromatic N) is 4. The van der Waals surface area contributed by atoms with Crippen molar-refractivity contribution in [2.24, 2.45) is 5.92 Å². The van der Waals surface area contributed by atoms with Crippen LogP contribution in [0.25, 0.3) is 11.1 Å². The van der Waals surface area contributed by atoms with Crippen LogP contribution in [0, 0.1) is 5.92 Å². The maximum atomic E-state index is 12.3. The molecule has 2 N–H and O–H groups in total. The Morgan fingerprint density at radius 2 is 2.25 bits per heavy atom. The molecule has 2 aromatic rings. The van der Waals surface area contributed by atoms with Gasteiger partial charge in [-0.3, -0.25) is 4.79 Å². The molecule has 7 heteroatoms. The summed E-state index contributed by atoms with van der Waals surface area (Å²) in [5.74, 6) is 0.532. The van der Waals surface area contributed by atoms with Gasteiger partial charge in [-0.1, -0.05) is 13.8 Å².